The van der Waals surface area contributed by atoms with Crippen LogP contribution in [0.5, 0.6) is 0 Å². The summed E-state index contributed by atoms with van der Waals surface area (Å²) in [5.41, 5.74) is 2.06. The molecular weight excluding hydrogens is 384 g/mol. The Morgan fingerprint density at radius 1 is 0.862 bits per heavy atom. The molecule has 0 saturated heterocycles. The summed E-state index contributed by atoms with van der Waals surface area (Å²) in [6.45, 7) is -0.255. The highest BCUT2D eigenvalue weighted by molar-refractivity contribution is 7.89. The SMILES string of the molecule is CN(CC(=O)NC(Cc1ccccc1)c1ccccc1)S(=O)(=O)c1ccccc1. The lowest BCUT2D eigenvalue weighted by atomic mass is 9.99. The summed E-state index contributed by atoms with van der Waals surface area (Å²) in [6.07, 6.45) is 0.617. The van der Waals surface area contributed by atoms with E-state index in [2.05, 4.69) is 5.32 Å². The van der Waals surface area contributed by atoms with Crippen LogP contribution >= 0.6 is 0 Å². The average Bonchev–Trinajstić information content (AvgIpc) is 2.75. The zero-order valence-corrected chi connectivity index (χ0v) is 17.0. The van der Waals surface area contributed by atoms with E-state index in [1.54, 1.807) is 18.2 Å². The number of rotatable bonds is 8. The Morgan fingerprint density at radius 3 is 1.97 bits per heavy atom. The maximum absolute atomic E-state index is 12.7. The molecule has 6 heteroatoms. The van der Waals surface area contributed by atoms with Crippen LogP contribution in [0.4, 0.5) is 0 Å². The monoisotopic (exact) mass is 408 g/mol. The standard InChI is InChI=1S/C23H24N2O3S/c1-25(29(27,28)21-15-9-4-10-16-21)18-23(26)24-22(20-13-7-3-8-14-20)17-19-11-5-2-6-12-19/h2-16,22H,17-18H2,1H3,(H,24,26). The lowest BCUT2D eigenvalue weighted by molar-refractivity contribution is -0.121. The summed E-state index contributed by atoms with van der Waals surface area (Å²) in [4.78, 5) is 12.9. The van der Waals surface area contributed by atoms with E-state index in [0.29, 0.717) is 6.42 Å². The van der Waals surface area contributed by atoms with Gasteiger partial charge in [-0.15, -0.1) is 0 Å². The first kappa shape index (κ1) is 20.8. The number of nitrogens with zero attached hydrogens (tertiary/aromatic N) is 1. The van der Waals surface area contributed by atoms with Crippen LogP contribution in [0, 0.1) is 0 Å². The van der Waals surface area contributed by atoms with Crippen LogP contribution in [0.2, 0.25) is 0 Å². The van der Waals surface area contributed by atoms with Crippen molar-refractivity contribution in [2.24, 2.45) is 0 Å². The molecule has 0 bridgehead atoms. The van der Waals surface area contributed by atoms with Crippen molar-refractivity contribution in [3.05, 3.63) is 102 Å². The Bertz CT molecular complexity index is 1020. The molecule has 1 N–H and O–H groups in total. The fourth-order valence-corrected chi connectivity index (χ4v) is 4.24. The summed E-state index contributed by atoms with van der Waals surface area (Å²) in [5, 5.41) is 2.99. The number of likely N-dealkylation sites (N-methyl/N-ethyl adjacent to an activating group) is 1. The van der Waals surface area contributed by atoms with E-state index in [1.165, 1.54) is 19.2 Å². The third-order valence-electron chi connectivity index (χ3n) is 4.64. The summed E-state index contributed by atoms with van der Waals surface area (Å²) in [5.74, 6) is -0.350. The number of hydrogen-bond acceptors (Lipinski definition) is 3. The zero-order valence-electron chi connectivity index (χ0n) is 16.2. The van der Waals surface area contributed by atoms with Crippen LogP contribution in [0.3, 0.4) is 0 Å². The van der Waals surface area contributed by atoms with Gasteiger partial charge in [0, 0.05) is 7.05 Å². The summed E-state index contributed by atoms with van der Waals surface area (Å²) < 4.78 is 26.4. The lowest BCUT2D eigenvalue weighted by Gasteiger charge is -2.22. The second-order valence-electron chi connectivity index (χ2n) is 6.79. The Kier molecular flexibility index (Phi) is 6.80. The van der Waals surface area contributed by atoms with E-state index in [-0.39, 0.29) is 23.4 Å². The third kappa shape index (κ3) is 5.53. The van der Waals surface area contributed by atoms with Gasteiger partial charge in [-0.25, -0.2) is 8.42 Å². The Hall–Kier alpha value is -2.96. The molecule has 3 aromatic rings. The third-order valence-corrected chi connectivity index (χ3v) is 6.46. The molecule has 3 aromatic carbocycles. The molecule has 1 atom stereocenters. The number of nitrogens with one attached hydrogen (secondary N) is 1. The molecule has 0 heterocycles. The molecule has 0 aliphatic heterocycles. The number of benzene rings is 3. The van der Waals surface area contributed by atoms with Crippen LogP contribution in [0.15, 0.2) is 95.9 Å². The van der Waals surface area contributed by atoms with E-state index >= 15 is 0 Å². The smallest absolute Gasteiger partial charge is 0.243 e. The number of carbonyl (C=O) groups excluding carboxylic acids is 1. The van der Waals surface area contributed by atoms with Crippen molar-refractivity contribution in [2.45, 2.75) is 17.4 Å². The molecule has 1 unspecified atom stereocenters. The number of sulfonamides is 1. The van der Waals surface area contributed by atoms with Crippen molar-refractivity contribution in [3.63, 3.8) is 0 Å². The fourth-order valence-electron chi connectivity index (χ4n) is 3.09. The first-order chi connectivity index (χ1) is 14.0. The molecule has 3 rings (SSSR count). The summed E-state index contributed by atoms with van der Waals surface area (Å²) >= 11 is 0. The van der Waals surface area contributed by atoms with Gasteiger partial charge >= 0.3 is 0 Å². The molecular formula is C23H24N2O3S. The van der Waals surface area contributed by atoms with Gasteiger partial charge in [0.2, 0.25) is 15.9 Å². The van der Waals surface area contributed by atoms with Crippen LogP contribution in [0.25, 0.3) is 0 Å². The van der Waals surface area contributed by atoms with E-state index < -0.39 is 10.0 Å². The molecule has 0 saturated carbocycles. The van der Waals surface area contributed by atoms with Crippen molar-refractivity contribution in [1.82, 2.24) is 9.62 Å². The maximum Gasteiger partial charge on any atom is 0.243 e. The van der Waals surface area contributed by atoms with Gasteiger partial charge in [0.25, 0.3) is 0 Å². The predicted octanol–water partition coefficient (Wildman–Crippen LogP) is 3.41. The molecule has 0 fully saturated rings. The fraction of sp³-hybridized carbons (Fsp3) is 0.174. The van der Waals surface area contributed by atoms with Crippen molar-refractivity contribution in [2.75, 3.05) is 13.6 Å². The highest BCUT2D eigenvalue weighted by Gasteiger charge is 2.24. The Balaban J connectivity index is 1.73. The van der Waals surface area contributed by atoms with Gasteiger partial charge in [0.05, 0.1) is 17.5 Å². The van der Waals surface area contributed by atoms with Gasteiger partial charge in [-0.2, -0.15) is 4.31 Å². The second kappa shape index (κ2) is 9.49. The average molecular weight is 409 g/mol. The number of hydrogen-bond donors (Lipinski definition) is 1. The van der Waals surface area contributed by atoms with Gasteiger partial charge < -0.3 is 5.32 Å². The van der Waals surface area contributed by atoms with Crippen molar-refractivity contribution in [3.8, 4) is 0 Å². The zero-order chi connectivity index (χ0) is 20.7. The van der Waals surface area contributed by atoms with E-state index in [1.807, 2.05) is 60.7 Å². The molecule has 0 radical (unpaired) electrons. The highest BCUT2D eigenvalue weighted by atomic mass is 32.2. The number of amides is 1. The normalized spacial score (nSPS) is 12.5. The number of carbonyl (C=O) groups is 1. The van der Waals surface area contributed by atoms with Gasteiger partial charge in [-0.1, -0.05) is 78.9 Å². The first-order valence-corrected chi connectivity index (χ1v) is 10.8. The van der Waals surface area contributed by atoms with Gasteiger partial charge in [-0.05, 0) is 29.7 Å². The highest BCUT2D eigenvalue weighted by Crippen LogP contribution is 2.19. The van der Waals surface area contributed by atoms with Crippen LogP contribution in [0.1, 0.15) is 17.2 Å². The van der Waals surface area contributed by atoms with Crippen molar-refractivity contribution < 1.29 is 13.2 Å². The van der Waals surface area contributed by atoms with Crippen LogP contribution in [-0.4, -0.2) is 32.2 Å². The molecule has 150 valence electrons. The van der Waals surface area contributed by atoms with Crippen LogP contribution < -0.4 is 5.32 Å². The summed E-state index contributed by atoms with van der Waals surface area (Å²) in [6, 6.07) is 27.4. The Labute approximate surface area is 172 Å². The van der Waals surface area contributed by atoms with Gasteiger partial charge in [-0.3, -0.25) is 4.79 Å². The summed E-state index contributed by atoms with van der Waals surface area (Å²) in [7, 11) is -2.31. The van der Waals surface area contributed by atoms with Crippen molar-refractivity contribution in [1.29, 1.82) is 0 Å². The van der Waals surface area contributed by atoms with Gasteiger partial charge in [0.15, 0.2) is 0 Å². The van der Waals surface area contributed by atoms with Crippen LogP contribution in [-0.2, 0) is 21.2 Å². The molecule has 1 amide bonds. The molecule has 5 nitrogen and oxygen atoms in total. The predicted molar refractivity (Wildman–Crippen MR) is 114 cm³/mol. The quantitative estimate of drug-likeness (QED) is 0.621. The minimum absolute atomic E-state index is 0.166. The molecule has 29 heavy (non-hydrogen) atoms. The van der Waals surface area contributed by atoms with Crippen molar-refractivity contribution >= 4 is 15.9 Å². The molecule has 0 aromatic heterocycles. The van der Waals surface area contributed by atoms with E-state index in [4.69, 9.17) is 0 Å². The molecule has 0 spiro atoms. The minimum atomic E-state index is -3.72. The Morgan fingerprint density at radius 2 is 1.38 bits per heavy atom. The second-order valence-corrected chi connectivity index (χ2v) is 8.84. The van der Waals surface area contributed by atoms with Gasteiger partial charge in [0.1, 0.15) is 0 Å². The molecule has 0 aliphatic carbocycles. The topological polar surface area (TPSA) is 66.5 Å². The largest absolute Gasteiger partial charge is 0.348 e. The molecule has 0 aliphatic rings. The minimum Gasteiger partial charge on any atom is -0.348 e. The maximum atomic E-state index is 12.7. The van der Waals surface area contributed by atoms with E-state index in [0.717, 1.165) is 15.4 Å². The lowest BCUT2D eigenvalue weighted by Crippen LogP contribution is -2.40. The van der Waals surface area contributed by atoms with E-state index in [9.17, 15) is 13.2 Å². The first-order valence-electron chi connectivity index (χ1n) is 9.36.